The molecule has 0 aliphatic rings. The summed E-state index contributed by atoms with van der Waals surface area (Å²) in [5, 5.41) is 2.64. The van der Waals surface area contributed by atoms with Gasteiger partial charge in [-0.3, -0.25) is 4.79 Å². The lowest BCUT2D eigenvalue weighted by Gasteiger charge is -2.06. The number of methoxy groups -OCH3 is 1. The molecular weight excluding hydrogens is 386 g/mol. The zero-order chi connectivity index (χ0) is 21.8. The predicted molar refractivity (Wildman–Crippen MR) is 112 cm³/mol. The minimum atomic E-state index is -0.625. The van der Waals surface area contributed by atoms with E-state index in [4.69, 9.17) is 9.47 Å². The summed E-state index contributed by atoms with van der Waals surface area (Å²) in [4.78, 5) is 35.0. The maximum absolute atomic E-state index is 11.8. The van der Waals surface area contributed by atoms with Crippen LogP contribution in [0.4, 0.5) is 0 Å². The van der Waals surface area contributed by atoms with E-state index in [9.17, 15) is 14.4 Å². The second-order valence-electron chi connectivity index (χ2n) is 6.07. The minimum absolute atomic E-state index is 0.244. The van der Waals surface area contributed by atoms with E-state index in [1.807, 2.05) is 0 Å². The second-order valence-corrected chi connectivity index (χ2v) is 6.07. The molecule has 1 N–H and O–H groups in total. The van der Waals surface area contributed by atoms with Gasteiger partial charge in [0.15, 0.2) is 6.61 Å². The van der Waals surface area contributed by atoms with Gasteiger partial charge in [-0.25, -0.2) is 9.59 Å². The summed E-state index contributed by atoms with van der Waals surface area (Å²) in [5.41, 5.74) is 2.01. The number of carbonyl (C=O) groups excluding carboxylic acids is 3. The van der Waals surface area contributed by atoms with Crippen LogP contribution in [0.5, 0.6) is 5.75 Å². The molecule has 7 heteroatoms. The number of hydrogen-bond donors (Lipinski definition) is 1. The Morgan fingerprint density at radius 1 is 1.03 bits per heavy atom. The van der Waals surface area contributed by atoms with Crippen LogP contribution in [0.1, 0.15) is 21.5 Å². The van der Waals surface area contributed by atoms with Gasteiger partial charge in [0.1, 0.15) is 12.4 Å². The molecule has 0 aliphatic carbocycles. The van der Waals surface area contributed by atoms with Crippen LogP contribution in [-0.2, 0) is 25.6 Å². The monoisotopic (exact) mass is 409 g/mol. The van der Waals surface area contributed by atoms with E-state index in [1.165, 1.54) is 13.2 Å². The molecule has 2 aromatic carbocycles. The van der Waals surface area contributed by atoms with E-state index in [1.54, 1.807) is 60.7 Å². The third-order valence-corrected chi connectivity index (χ3v) is 3.87. The molecule has 7 nitrogen and oxygen atoms in total. The summed E-state index contributed by atoms with van der Waals surface area (Å²) in [7, 11) is 1.31. The van der Waals surface area contributed by atoms with Gasteiger partial charge >= 0.3 is 11.9 Å². The van der Waals surface area contributed by atoms with Crippen LogP contribution in [0.2, 0.25) is 0 Å². The van der Waals surface area contributed by atoms with Crippen LogP contribution in [0.25, 0.3) is 6.08 Å². The average Bonchev–Trinajstić information content (AvgIpc) is 2.79. The second kappa shape index (κ2) is 11.9. The van der Waals surface area contributed by atoms with Crippen molar-refractivity contribution < 1.29 is 28.6 Å². The molecule has 2 aromatic rings. The number of amides is 1. The van der Waals surface area contributed by atoms with Gasteiger partial charge in [0, 0.05) is 12.6 Å². The van der Waals surface area contributed by atoms with E-state index in [2.05, 4.69) is 16.6 Å². The Balaban J connectivity index is 1.72. The van der Waals surface area contributed by atoms with Gasteiger partial charge < -0.3 is 19.5 Å². The van der Waals surface area contributed by atoms with Gasteiger partial charge in [0.2, 0.25) is 0 Å². The van der Waals surface area contributed by atoms with Gasteiger partial charge in [-0.05, 0) is 41.5 Å². The highest BCUT2D eigenvalue weighted by atomic mass is 16.5. The molecule has 0 aromatic heterocycles. The molecule has 0 unspecified atom stereocenters. The van der Waals surface area contributed by atoms with Crippen LogP contribution in [-0.4, -0.2) is 38.2 Å². The fourth-order valence-corrected chi connectivity index (χ4v) is 2.31. The molecule has 0 heterocycles. The standard InChI is InChI=1S/C23H23NO6/c1-3-14-29-20-11-6-17(7-12-20)8-13-22(26)30-16-21(25)24-15-18-4-9-19(10-5-18)23(27)28-2/h3-13H,1,14-16H2,2H3,(H,24,25)/b13-8+. The zero-order valence-corrected chi connectivity index (χ0v) is 16.6. The number of hydrogen-bond acceptors (Lipinski definition) is 6. The molecule has 2 rings (SSSR count). The lowest BCUT2D eigenvalue weighted by Crippen LogP contribution is -2.28. The Morgan fingerprint density at radius 3 is 2.37 bits per heavy atom. The molecule has 0 aliphatic heterocycles. The first-order chi connectivity index (χ1) is 14.5. The van der Waals surface area contributed by atoms with Crippen molar-refractivity contribution in [3.8, 4) is 5.75 Å². The molecule has 0 fully saturated rings. The first kappa shape index (κ1) is 22.4. The van der Waals surface area contributed by atoms with Crippen molar-refractivity contribution in [2.75, 3.05) is 20.3 Å². The molecule has 1 amide bonds. The lowest BCUT2D eigenvalue weighted by molar-refractivity contribution is -0.143. The third-order valence-electron chi connectivity index (χ3n) is 3.87. The maximum atomic E-state index is 11.8. The molecule has 0 saturated heterocycles. The molecule has 0 bridgehead atoms. The van der Waals surface area contributed by atoms with E-state index in [0.717, 1.165) is 11.1 Å². The van der Waals surface area contributed by atoms with Crippen LogP contribution in [0.15, 0.2) is 67.3 Å². The van der Waals surface area contributed by atoms with Crippen molar-refractivity contribution in [2.24, 2.45) is 0 Å². The highest BCUT2D eigenvalue weighted by Gasteiger charge is 2.07. The van der Waals surface area contributed by atoms with Crippen molar-refractivity contribution in [3.63, 3.8) is 0 Å². The quantitative estimate of drug-likeness (QED) is 0.369. The van der Waals surface area contributed by atoms with E-state index in [0.29, 0.717) is 17.9 Å². The number of ether oxygens (including phenoxy) is 3. The number of esters is 2. The maximum Gasteiger partial charge on any atom is 0.337 e. The fourth-order valence-electron chi connectivity index (χ4n) is 2.31. The molecule has 30 heavy (non-hydrogen) atoms. The third kappa shape index (κ3) is 7.63. The zero-order valence-electron chi connectivity index (χ0n) is 16.6. The summed E-state index contributed by atoms with van der Waals surface area (Å²) in [5.74, 6) is -0.786. The Bertz CT molecular complexity index is 900. The number of benzene rings is 2. The highest BCUT2D eigenvalue weighted by molar-refractivity contribution is 5.90. The smallest absolute Gasteiger partial charge is 0.337 e. The summed E-state index contributed by atoms with van der Waals surface area (Å²) < 4.78 is 14.9. The Labute approximate surface area is 174 Å². The van der Waals surface area contributed by atoms with Crippen LogP contribution in [0, 0.1) is 0 Å². The van der Waals surface area contributed by atoms with Gasteiger partial charge in [-0.15, -0.1) is 0 Å². The van der Waals surface area contributed by atoms with Gasteiger partial charge in [0.05, 0.1) is 12.7 Å². The Hall–Kier alpha value is -3.87. The van der Waals surface area contributed by atoms with E-state index < -0.39 is 24.5 Å². The molecule has 0 radical (unpaired) electrons. The summed E-state index contributed by atoms with van der Waals surface area (Å²) in [6, 6.07) is 13.8. The first-order valence-electron chi connectivity index (χ1n) is 9.14. The van der Waals surface area contributed by atoms with Crippen molar-refractivity contribution in [3.05, 3.63) is 84.0 Å². The molecular formula is C23H23NO6. The SMILES string of the molecule is C=CCOc1ccc(/C=C/C(=O)OCC(=O)NCc2ccc(C(=O)OC)cc2)cc1. The number of rotatable bonds is 10. The van der Waals surface area contributed by atoms with Gasteiger partial charge in [-0.1, -0.05) is 36.9 Å². The van der Waals surface area contributed by atoms with Gasteiger partial charge in [-0.2, -0.15) is 0 Å². The largest absolute Gasteiger partial charge is 0.490 e. The summed E-state index contributed by atoms with van der Waals surface area (Å²) in [6.45, 7) is 3.85. The normalized spacial score (nSPS) is 10.3. The minimum Gasteiger partial charge on any atom is -0.490 e. The van der Waals surface area contributed by atoms with E-state index >= 15 is 0 Å². The fraction of sp³-hybridized carbons (Fsp3) is 0.174. The Morgan fingerprint density at radius 2 is 1.73 bits per heavy atom. The number of carbonyl (C=O) groups is 3. The molecule has 156 valence electrons. The summed E-state index contributed by atoms with van der Waals surface area (Å²) >= 11 is 0. The summed E-state index contributed by atoms with van der Waals surface area (Å²) in [6.07, 6.45) is 4.49. The predicted octanol–water partition coefficient (Wildman–Crippen LogP) is 2.91. The highest BCUT2D eigenvalue weighted by Crippen LogP contribution is 2.13. The van der Waals surface area contributed by atoms with Crippen molar-refractivity contribution in [1.82, 2.24) is 5.32 Å². The number of nitrogens with one attached hydrogen (secondary N) is 1. The first-order valence-corrected chi connectivity index (χ1v) is 9.14. The van der Waals surface area contributed by atoms with Crippen molar-refractivity contribution in [2.45, 2.75) is 6.54 Å². The Kier molecular flexibility index (Phi) is 8.86. The topological polar surface area (TPSA) is 90.9 Å². The molecule has 0 saturated carbocycles. The van der Waals surface area contributed by atoms with Crippen LogP contribution in [0.3, 0.4) is 0 Å². The van der Waals surface area contributed by atoms with Crippen LogP contribution < -0.4 is 10.1 Å². The van der Waals surface area contributed by atoms with E-state index in [-0.39, 0.29) is 6.54 Å². The van der Waals surface area contributed by atoms with Crippen molar-refractivity contribution in [1.29, 1.82) is 0 Å². The molecule has 0 atom stereocenters. The van der Waals surface area contributed by atoms with Crippen LogP contribution >= 0.6 is 0 Å². The average molecular weight is 409 g/mol. The van der Waals surface area contributed by atoms with Crippen molar-refractivity contribution >= 4 is 23.9 Å². The lowest BCUT2D eigenvalue weighted by atomic mass is 10.1. The van der Waals surface area contributed by atoms with Gasteiger partial charge in [0.25, 0.3) is 5.91 Å². The molecule has 0 spiro atoms.